The van der Waals surface area contributed by atoms with Crippen LogP contribution in [0.4, 0.5) is 4.39 Å². The van der Waals surface area contributed by atoms with Crippen LogP contribution in [-0.4, -0.2) is 27.5 Å². The Morgan fingerprint density at radius 1 is 1.20 bits per heavy atom. The number of ketones is 2. The number of carbonyl (C=O) groups is 2. The highest BCUT2D eigenvalue weighted by Gasteiger charge is 2.29. The standard InChI is InChI=1S/C28H29ClFN3O2/c1-2-3-9-19(12-17-7-5-4-6-8-17)27(34)26-14-20(32-33-26)13-25(31)28(35)22-16-24(30)21(15-23(22)29)18-10-11-18/h4-8,14-16,18-19,31H,2-3,9-13H2,1H3,(H,32,33). The van der Waals surface area contributed by atoms with E-state index in [0.29, 0.717) is 23.4 Å². The van der Waals surface area contributed by atoms with Crippen molar-refractivity contribution in [3.63, 3.8) is 0 Å². The number of H-pyrrole nitrogens is 1. The Morgan fingerprint density at radius 3 is 2.63 bits per heavy atom. The molecule has 1 unspecified atom stereocenters. The minimum absolute atomic E-state index is 0.0168. The number of nitrogens with zero attached hydrogens (tertiary/aromatic N) is 1. The summed E-state index contributed by atoms with van der Waals surface area (Å²) in [5.41, 5.74) is 2.14. The van der Waals surface area contributed by atoms with E-state index in [9.17, 15) is 14.0 Å². The van der Waals surface area contributed by atoms with Crippen LogP contribution in [-0.2, 0) is 12.8 Å². The maximum atomic E-state index is 14.4. The molecule has 2 aromatic carbocycles. The van der Waals surface area contributed by atoms with E-state index < -0.39 is 11.6 Å². The zero-order valence-electron chi connectivity index (χ0n) is 19.7. The lowest BCUT2D eigenvalue weighted by molar-refractivity contribution is 0.0905. The van der Waals surface area contributed by atoms with E-state index in [1.54, 1.807) is 6.07 Å². The van der Waals surface area contributed by atoms with E-state index >= 15 is 0 Å². The van der Waals surface area contributed by atoms with Crippen molar-refractivity contribution >= 4 is 28.9 Å². The fraction of sp³-hybridized carbons (Fsp3) is 0.357. The van der Waals surface area contributed by atoms with Gasteiger partial charge in [0, 0.05) is 23.6 Å². The number of aromatic nitrogens is 2. The third kappa shape index (κ3) is 6.12. The maximum Gasteiger partial charge on any atom is 0.208 e. The average Bonchev–Trinajstić information content (AvgIpc) is 3.60. The number of Topliss-reactive ketones (excluding diaryl/α,β-unsaturated/α-hetero) is 2. The summed E-state index contributed by atoms with van der Waals surface area (Å²) in [6.07, 6.45) is 5.12. The smallest absolute Gasteiger partial charge is 0.208 e. The van der Waals surface area contributed by atoms with Crippen LogP contribution in [0.1, 0.15) is 82.6 Å². The second-order valence-electron chi connectivity index (χ2n) is 9.28. The van der Waals surface area contributed by atoms with Crippen molar-refractivity contribution in [3.05, 3.63) is 87.4 Å². The van der Waals surface area contributed by atoms with Crippen LogP contribution in [0.15, 0.2) is 48.5 Å². The first-order valence-electron chi connectivity index (χ1n) is 12.1. The third-order valence-corrected chi connectivity index (χ3v) is 6.79. The van der Waals surface area contributed by atoms with Gasteiger partial charge in [0.2, 0.25) is 5.78 Å². The van der Waals surface area contributed by atoms with Gasteiger partial charge in [-0.1, -0.05) is 61.7 Å². The predicted octanol–water partition coefficient (Wildman–Crippen LogP) is 6.76. The quantitative estimate of drug-likeness (QED) is 0.216. The molecule has 2 N–H and O–H groups in total. The van der Waals surface area contributed by atoms with Crippen molar-refractivity contribution < 1.29 is 14.0 Å². The summed E-state index contributed by atoms with van der Waals surface area (Å²) in [5.74, 6) is -1.17. The van der Waals surface area contributed by atoms with Gasteiger partial charge < -0.3 is 5.41 Å². The van der Waals surface area contributed by atoms with Crippen LogP contribution in [0.3, 0.4) is 0 Å². The maximum absolute atomic E-state index is 14.4. The van der Waals surface area contributed by atoms with E-state index in [1.165, 1.54) is 6.07 Å². The van der Waals surface area contributed by atoms with Crippen molar-refractivity contribution in [2.24, 2.45) is 5.92 Å². The van der Waals surface area contributed by atoms with Crippen LogP contribution < -0.4 is 0 Å². The molecule has 0 spiro atoms. The van der Waals surface area contributed by atoms with E-state index in [0.717, 1.165) is 43.7 Å². The molecule has 1 aromatic heterocycles. The van der Waals surface area contributed by atoms with Gasteiger partial charge in [-0.25, -0.2) is 4.39 Å². The van der Waals surface area contributed by atoms with Crippen LogP contribution in [0.2, 0.25) is 5.02 Å². The monoisotopic (exact) mass is 493 g/mol. The molecule has 0 radical (unpaired) electrons. The number of carbonyl (C=O) groups excluding carboxylic acids is 2. The molecule has 182 valence electrons. The number of benzene rings is 2. The molecule has 1 aliphatic carbocycles. The van der Waals surface area contributed by atoms with Gasteiger partial charge in [-0.3, -0.25) is 14.7 Å². The summed E-state index contributed by atoms with van der Waals surface area (Å²) in [7, 11) is 0. The van der Waals surface area contributed by atoms with E-state index in [2.05, 4.69) is 17.1 Å². The summed E-state index contributed by atoms with van der Waals surface area (Å²) in [4.78, 5) is 26.0. The summed E-state index contributed by atoms with van der Waals surface area (Å²) < 4.78 is 14.4. The van der Waals surface area contributed by atoms with Crippen molar-refractivity contribution in [3.8, 4) is 0 Å². The van der Waals surface area contributed by atoms with Crippen molar-refractivity contribution in [2.75, 3.05) is 0 Å². The molecule has 0 saturated heterocycles. The molecule has 35 heavy (non-hydrogen) atoms. The Balaban J connectivity index is 1.44. The molecule has 1 atom stereocenters. The average molecular weight is 494 g/mol. The van der Waals surface area contributed by atoms with Crippen LogP contribution >= 0.6 is 11.6 Å². The summed E-state index contributed by atoms with van der Waals surface area (Å²) in [5, 5.41) is 15.4. The zero-order chi connectivity index (χ0) is 24.9. The molecule has 5 nitrogen and oxygen atoms in total. The van der Waals surface area contributed by atoms with E-state index in [4.69, 9.17) is 17.0 Å². The predicted molar refractivity (Wildman–Crippen MR) is 135 cm³/mol. The molecule has 1 saturated carbocycles. The molecular weight excluding hydrogens is 465 g/mol. The largest absolute Gasteiger partial charge is 0.301 e. The van der Waals surface area contributed by atoms with Gasteiger partial charge in [0.05, 0.1) is 10.7 Å². The number of aromatic amines is 1. The lowest BCUT2D eigenvalue weighted by Gasteiger charge is -2.14. The minimum Gasteiger partial charge on any atom is -0.301 e. The molecule has 1 heterocycles. The molecule has 0 amide bonds. The lowest BCUT2D eigenvalue weighted by Crippen LogP contribution is -2.18. The highest BCUT2D eigenvalue weighted by Crippen LogP contribution is 2.42. The topological polar surface area (TPSA) is 86.7 Å². The van der Waals surface area contributed by atoms with Crippen molar-refractivity contribution in [1.82, 2.24) is 10.2 Å². The first-order chi connectivity index (χ1) is 16.9. The van der Waals surface area contributed by atoms with Gasteiger partial charge in [0.25, 0.3) is 0 Å². The molecule has 4 rings (SSSR count). The van der Waals surface area contributed by atoms with E-state index in [1.807, 2.05) is 30.3 Å². The Labute approximate surface area is 209 Å². The number of hydrogen-bond acceptors (Lipinski definition) is 4. The van der Waals surface area contributed by atoms with Gasteiger partial charge in [0.1, 0.15) is 11.5 Å². The summed E-state index contributed by atoms with van der Waals surface area (Å²) in [6.45, 7) is 2.09. The Morgan fingerprint density at radius 2 is 1.94 bits per heavy atom. The van der Waals surface area contributed by atoms with Gasteiger partial charge >= 0.3 is 0 Å². The summed E-state index contributed by atoms with van der Waals surface area (Å²) in [6, 6.07) is 14.1. The summed E-state index contributed by atoms with van der Waals surface area (Å²) >= 11 is 6.25. The van der Waals surface area contributed by atoms with Crippen molar-refractivity contribution in [1.29, 1.82) is 5.41 Å². The van der Waals surface area contributed by atoms with E-state index in [-0.39, 0.29) is 40.3 Å². The fourth-order valence-corrected chi connectivity index (χ4v) is 4.60. The highest BCUT2D eigenvalue weighted by molar-refractivity contribution is 6.48. The molecule has 7 heteroatoms. The molecular formula is C28H29ClFN3O2. The van der Waals surface area contributed by atoms with Crippen molar-refractivity contribution in [2.45, 2.75) is 57.8 Å². The van der Waals surface area contributed by atoms with Crippen LogP contribution in [0, 0.1) is 17.1 Å². The van der Waals surface area contributed by atoms with Crippen LogP contribution in [0.25, 0.3) is 0 Å². The van der Waals surface area contributed by atoms with Gasteiger partial charge in [-0.2, -0.15) is 5.10 Å². The lowest BCUT2D eigenvalue weighted by atomic mass is 9.89. The molecule has 0 bridgehead atoms. The molecule has 1 fully saturated rings. The fourth-order valence-electron chi connectivity index (χ4n) is 4.34. The normalized spacial score (nSPS) is 14.0. The highest BCUT2D eigenvalue weighted by atomic mass is 35.5. The Hall–Kier alpha value is -3.12. The van der Waals surface area contributed by atoms with Gasteiger partial charge in [-0.15, -0.1) is 0 Å². The second-order valence-corrected chi connectivity index (χ2v) is 9.69. The number of halogens is 2. The Kier molecular flexibility index (Phi) is 7.91. The van der Waals surface area contributed by atoms with Crippen LogP contribution in [0.5, 0.6) is 0 Å². The molecule has 1 aliphatic rings. The SMILES string of the molecule is CCCCC(Cc1ccccc1)C(=O)c1cc(CC(=N)C(=O)c2cc(F)c(C3CC3)cc2Cl)[nH]n1. The Bertz CT molecular complexity index is 1230. The first kappa shape index (κ1) is 25.0. The minimum atomic E-state index is -0.636. The second kappa shape index (κ2) is 11.1. The number of unbranched alkanes of at least 4 members (excludes halogenated alkanes) is 1. The van der Waals surface area contributed by atoms with Gasteiger partial charge in [0.15, 0.2) is 5.78 Å². The third-order valence-electron chi connectivity index (χ3n) is 6.47. The molecule has 0 aliphatic heterocycles. The molecule has 3 aromatic rings. The number of hydrogen-bond donors (Lipinski definition) is 2. The zero-order valence-corrected chi connectivity index (χ0v) is 20.5. The number of nitrogens with one attached hydrogen (secondary N) is 2. The number of rotatable bonds is 12. The first-order valence-corrected chi connectivity index (χ1v) is 12.5. The van der Waals surface area contributed by atoms with Gasteiger partial charge in [-0.05, 0) is 60.9 Å².